The number of nitrogen functional groups attached to an aromatic ring is 1. The van der Waals surface area contributed by atoms with Gasteiger partial charge in [0.15, 0.2) is 0 Å². The molecule has 2 aromatic carbocycles. The SMILES string of the molecule is CCCN(Cc1ccc(N)cc1)C(=O)c1ccc(Cl)cc1. The monoisotopic (exact) mass is 302 g/mol. The lowest BCUT2D eigenvalue weighted by Crippen LogP contribution is -2.31. The second kappa shape index (κ2) is 7.14. The van der Waals surface area contributed by atoms with E-state index < -0.39 is 0 Å². The van der Waals surface area contributed by atoms with Gasteiger partial charge < -0.3 is 10.6 Å². The molecule has 0 fully saturated rings. The van der Waals surface area contributed by atoms with Gasteiger partial charge >= 0.3 is 0 Å². The van der Waals surface area contributed by atoms with Crippen LogP contribution in [0, 0.1) is 0 Å². The maximum absolute atomic E-state index is 12.6. The quantitative estimate of drug-likeness (QED) is 0.849. The Hall–Kier alpha value is -2.00. The Balaban J connectivity index is 2.15. The van der Waals surface area contributed by atoms with Gasteiger partial charge in [-0.2, -0.15) is 0 Å². The van der Waals surface area contributed by atoms with Gasteiger partial charge in [0.2, 0.25) is 0 Å². The van der Waals surface area contributed by atoms with E-state index in [9.17, 15) is 4.79 Å². The first-order valence-corrected chi connectivity index (χ1v) is 7.37. The maximum Gasteiger partial charge on any atom is 0.254 e. The minimum Gasteiger partial charge on any atom is -0.399 e. The fourth-order valence-corrected chi connectivity index (χ4v) is 2.27. The van der Waals surface area contributed by atoms with Crippen LogP contribution in [-0.2, 0) is 6.54 Å². The highest BCUT2D eigenvalue weighted by atomic mass is 35.5. The van der Waals surface area contributed by atoms with Gasteiger partial charge in [-0.1, -0.05) is 30.7 Å². The van der Waals surface area contributed by atoms with Gasteiger partial charge in [-0.25, -0.2) is 0 Å². The summed E-state index contributed by atoms with van der Waals surface area (Å²) in [6.07, 6.45) is 0.911. The highest BCUT2D eigenvalue weighted by molar-refractivity contribution is 6.30. The highest BCUT2D eigenvalue weighted by Gasteiger charge is 2.15. The summed E-state index contributed by atoms with van der Waals surface area (Å²) in [5, 5.41) is 0.632. The van der Waals surface area contributed by atoms with Crippen molar-refractivity contribution >= 4 is 23.2 Å². The number of hydrogen-bond acceptors (Lipinski definition) is 2. The summed E-state index contributed by atoms with van der Waals surface area (Å²) in [6.45, 7) is 3.35. The molecule has 1 amide bonds. The molecule has 2 N–H and O–H groups in total. The van der Waals surface area contributed by atoms with Gasteiger partial charge in [0.25, 0.3) is 5.91 Å². The average Bonchev–Trinajstić information content (AvgIpc) is 2.49. The first-order chi connectivity index (χ1) is 10.1. The second-order valence-corrected chi connectivity index (χ2v) is 5.41. The minimum absolute atomic E-state index is 0.0188. The molecule has 0 saturated carbocycles. The molecule has 0 aliphatic carbocycles. The summed E-state index contributed by atoms with van der Waals surface area (Å²) in [6, 6.07) is 14.6. The van der Waals surface area contributed by atoms with Crippen LogP contribution in [0.3, 0.4) is 0 Å². The van der Waals surface area contributed by atoms with Crippen LogP contribution in [0.5, 0.6) is 0 Å². The van der Waals surface area contributed by atoms with Crippen LogP contribution in [0.15, 0.2) is 48.5 Å². The number of carbonyl (C=O) groups is 1. The number of nitrogens with zero attached hydrogens (tertiary/aromatic N) is 1. The van der Waals surface area contributed by atoms with Crippen molar-refractivity contribution in [2.75, 3.05) is 12.3 Å². The van der Waals surface area contributed by atoms with E-state index >= 15 is 0 Å². The number of carbonyl (C=O) groups excluding carboxylic acids is 1. The van der Waals surface area contributed by atoms with Crippen molar-refractivity contribution < 1.29 is 4.79 Å². The zero-order valence-corrected chi connectivity index (χ0v) is 12.8. The number of halogens is 1. The first-order valence-electron chi connectivity index (χ1n) is 6.99. The fourth-order valence-electron chi connectivity index (χ4n) is 2.14. The normalized spacial score (nSPS) is 10.4. The third-order valence-corrected chi connectivity index (χ3v) is 3.48. The van der Waals surface area contributed by atoms with Gasteiger partial charge in [0, 0.05) is 29.4 Å². The molecule has 3 nitrogen and oxygen atoms in total. The standard InChI is InChI=1S/C17H19ClN2O/c1-2-11-20(12-13-3-9-16(19)10-4-13)17(21)14-5-7-15(18)8-6-14/h3-10H,2,11-12,19H2,1H3. The van der Waals surface area contributed by atoms with E-state index in [0.29, 0.717) is 23.7 Å². The molecule has 0 aromatic heterocycles. The van der Waals surface area contributed by atoms with Crippen molar-refractivity contribution in [1.29, 1.82) is 0 Å². The zero-order chi connectivity index (χ0) is 15.2. The smallest absolute Gasteiger partial charge is 0.254 e. The molecule has 0 saturated heterocycles. The van der Waals surface area contributed by atoms with Crippen LogP contribution in [-0.4, -0.2) is 17.4 Å². The average molecular weight is 303 g/mol. The van der Waals surface area contributed by atoms with E-state index in [-0.39, 0.29) is 5.91 Å². The number of rotatable bonds is 5. The van der Waals surface area contributed by atoms with Crippen LogP contribution in [0.25, 0.3) is 0 Å². The van der Waals surface area contributed by atoms with Gasteiger partial charge in [-0.3, -0.25) is 4.79 Å². The minimum atomic E-state index is 0.0188. The van der Waals surface area contributed by atoms with E-state index in [1.54, 1.807) is 24.3 Å². The second-order valence-electron chi connectivity index (χ2n) is 4.98. The molecule has 2 rings (SSSR count). The van der Waals surface area contributed by atoms with E-state index in [1.807, 2.05) is 29.2 Å². The summed E-state index contributed by atoms with van der Waals surface area (Å²) in [5.74, 6) is 0.0188. The van der Waals surface area contributed by atoms with Crippen LogP contribution in [0.4, 0.5) is 5.69 Å². The molecule has 0 bridgehead atoms. The maximum atomic E-state index is 12.6. The van der Waals surface area contributed by atoms with Crippen molar-refractivity contribution in [3.63, 3.8) is 0 Å². The molecule has 4 heteroatoms. The number of hydrogen-bond donors (Lipinski definition) is 1. The molecule has 0 spiro atoms. The summed E-state index contributed by atoms with van der Waals surface area (Å²) in [7, 11) is 0. The topological polar surface area (TPSA) is 46.3 Å². The summed E-state index contributed by atoms with van der Waals surface area (Å²) in [5.41, 5.74) is 8.14. The number of amides is 1. The molecular formula is C17H19ClN2O. The Bertz CT molecular complexity index is 593. The van der Waals surface area contributed by atoms with Crippen LogP contribution >= 0.6 is 11.6 Å². The van der Waals surface area contributed by atoms with Gasteiger partial charge in [-0.15, -0.1) is 0 Å². The van der Waals surface area contributed by atoms with Gasteiger partial charge in [-0.05, 0) is 48.4 Å². The van der Waals surface area contributed by atoms with Crippen molar-refractivity contribution in [2.24, 2.45) is 0 Å². The molecule has 0 atom stereocenters. The first kappa shape index (κ1) is 15.4. The lowest BCUT2D eigenvalue weighted by atomic mass is 10.1. The summed E-state index contributed by atoms with van der Waals surface area (Å²) in [4.78, 5) is 14.4. The fraction of sp³-hybridized carbons (Fsp3) is 0.235. The predicted molar refractivity (Wildman–Crippen MR) is 87.3 cm³/mol. The van der Waals surface area contributed by atoms with Gasteiger partial charge in [0.1, 0.15) is 0 Å². The lowest BCUT2D eigenvalue weighted by Gasteiger charge is -2.22. The lowest BCUT2D eigenvalue weighted by molar-refractivity contribution is 0.0743. The summed E-state index contributed by atoms with van der Waals surface area (Å²) < 4.78 is 0. The molecule has 0 unspecified atom stereocenters. The molecule has 21 heavy (non-hydrogen) atoms. The molecular weight excluding hydrogens is 284 g/mol. The van der Waals surface area contributed by atoms with Crippen molar-refractivity contribution in [2.45, 2.75) is 19.9 Å². The van der Waals surface area contributed by atoms with E-state index in [4.69, 9.17) is 17.3 Å². The number of nitrogens with two attached hydrogens (primary N) is 1. The zero-order valence-electron chi connectivity index (χ0n) is 12.1. The number of benzene rings is 2. The van der Waals surface area contributed by atoms with E-state index in [0.717, 1.165) is 17.7 Å². The molecule has 2 aromatic rings. The van der Waals surface area contributed by atoms with Gasteiger partial charge in [0.05, 0.1) is 0 Å². The molecule has 0 heterocycles. The van der Waals surface area contributed by atoms with Crippen molar-refractivity contribution in [3.05, 3.63) is 64.7 Å². The highest BCUT2D eigenvalue weighted by Crippen LogP contribution is 2.15. The molecule has 0 aliphatic heterocycles. The Morgan fingerprint density at radius 3 is 2.29 bits per heavy atom. The van der Waals surface area contributed by atoms with Crippen molar-refractivity contribution in [3.8, 4) is 0 Å². The van der Waals surface area contributed by atoms with E-state index in [2.05, 4.69) is 6.92 Å². The molecule has 110 valence electrons. The molecule has 0 aliphatic rings. The molecule has 0 radical (unpaired) electrons. The largest absolute Gasteiger partial charge is 0.399 e. The van der Waals surface area contributed by atoms with E-state index in [1.165, 1.54) is 0 Å². The summed E-state index contributed by atoms with van der Waals surface area (Å²) >= 11 is 5.86. The Morgan fingerprint density at radius 1 is 1.10 bits per heavy atom. The predicted octanol–water partition coefficient (Wildman–Crippen LogP) is 3.97. The van der Waals surface area contributed by atoms with Crippen LogP contribution in [0.2, 0.25) is 5.02 Å². The van der Waals surface area contributed by atoms with Crippen LogP contribution in [0.1, 0.15) is 29.3 Å². The third kappa shape index (κ3) is 4.23. The Morgan fingerprint density at radius 2 is 1.71 bits per heavy atom. The number of anilines is 1. The van der Waals surface area contributed by atoms with Crippen molar-refractivity contribution in [1.82, 2.24) is 4.90 Å². The van der Waals surface area contributed by atoms with Crippen LogP contribution < -0.4 is 5.73 Å². The third-order valence-electron chi connectivity index (χ3n) is 3.23. The Kier molecular flexibility index (Phi) is 5.23. The Labute approximate surface area is 130 Å².